The summed E-state index contributed by atoms with van der Waals surface area (Å²) in [6, 6.07) is 17.1. The molecule has 0 aliphatic carbocycles. The molecule has 0 saturated carbocycles. The fraction of sp³-hybridized carbons (Fsp3) is 0.273. The summed E-state index contributed by atoms with van der Waals surface area (Å²) in [5.74, 6) is -0.378. The summed E-state index contributed by atoms with van der Waals surface area (Å²) in [6.07, 6.45) is 5.67. The van der Waals surface area contributed by atoms with Crippen LogP contribution in [-0.4, -0.2) is 67.7 Å². The summed E-state index contributed by atoms with van der Waals surface area (Å²) in [5, 5.41) is 5.43. The molecule has 0 bridgehead atoms. The van der Waals surface area contributed by atoms with E-state index >= 15 is 0 Å². The van der Waals surface area contributed by atoms with Crippen LogP contribution in [0.2, 0.25) is 0 Å². The van der Waals surface area contributed by atoms with E-state index in [1.165, 1.54) is 37.4 Å². The number of carbonyl (C=O) groups is 2. The highest BCUT2D eigenvalue weighted by Gasteiger charge is 2.30. The number of nitrogens with zero attached hydrogens (tertiary/aromatic N) is 4. The summed E-state index contributed by atoms with van der Waals surface area (Å²) in [7, 11) is -2.06. The van der Waals surface area contributed by atoms with Crippen LogP contribution in [0.1, 0.15) is 34.5 Å². The molecule has 2 aromatic carbocycles. The van der Waals surface area contributed by atoms with Crippen molar-refractivity contribution in [3.8, 4) is 11.6 Å². The number of pyridine rings is 2. The minimum atomic E-state index is -3.53. The lowest BCUT2D eigenvalue weighted by Crippen LogP contribution is -2.49. The van der Waals surface area contributed by atoms with E-state index in [1.807, 2.05) is 19.1 Å². The number of sulfonamides is 1. The number of aromatic nitrogens is 2. The van der Waals surface area contributed by atoms with Crippen LogP contribution in [0, 0.1) is 12.7 Å². The first kappa shape index (κ1) is 33.3. The molecule has 3 N–H and O–H groups in total. The average Bonchev–Trinajstić information content (AvgIpc) is 3.04. The zero-order valence-electron chi connectivity index (χ0n) is 26.2. The largest absolute Gasteiger partial charge is 0.438 e. The molecule has 0 unspecified atom stereocenters. The molecular formula is C33H36FN7O5S. The summed E-state index contributed by atoms with van der Waals surface area (Å²) >= 11 is 0. The number of halogens is 1. The van der Waals surface area contributed by atoms with Gasteiger partial charge in [0.1, 0.15) is 11.6 Å². The molecule has 3 heterocycles. The molecule has 12 nitrogen and oxygen atoms in total. The van der Waals surface area contributed by atoms with Crippen molar-refractivity contribution < 1.29 is 27.1 Å². The molecule has 1 aliphatic rings. The Morgan fingerprint density at radius 1 is 1.00 bits per heavy atom. The Kier molecular flexibility index (Phi) is 10.3. The smallest absolute Gasteiger partial charge is 0.326 e. The van der Waals surface area contributed by atoms with Crippen LogP contribution < -0.4 is 25.0 Å². The summed E-state index contributed by atoms with van der Waals surface area (Å²) in [6.45, 7) is 3.90. The number of carbonyl (C=O) groups excluding carboxylic acids is 2. The van der Waals surface area contributed by atoms with Gasteiger partial charge in [-0.15, -0.1) is 0 Å². The highest BCUT2D eigenvalue weighted by Crippen LogP contribution is 2.29. The van der Waals surface area contributed by atoms with Crippen LogP contribution in [0.5, 0.6) is 11.6 Å². The van der Waals surface area contributed by atoms with Crippen molar-refractivity contribution in [3.63, 3.8) is 0 Å². The second-order valence-corrected chi connectivity index (χ2v) is 13.0. The standard InChI is InChI=1S/C33H36FN7O5S/c1-22-7-9-26(20-36-22)38-33(43)41(28-6-4-5-24(34)17-28)27-13-15-40(16-14-27)21-23-8-12-31(37-19-23)46-30-11-10-25(39-47(3,44)45)18-29(30)32(42)35-2/h4-12,17-20,27,39H,13-16,21H2,1-3H3,(H,35,42)(H,38,43). The van der Waals surface area contributed by atoms with Gasteiger partial charge in [0.05, 0.1) is 23.7 Å². The predicted molar refractivity (Wildman–Crippen MR) is 178 cm³/mol. The Balaban J connectivity index is 1.22. The topological polar surface area (TPSA) is 146 Å². The quantitative estimate of drug-likeness (QED) is 0.212. The first-order valence-electron chi connectivity index (χ1n) is 14.9. The number of anilines is 3. The van der Waals surface area contributed by atoms with Gasteiger partial charge in [-0.25, -0.2) is 22.6 Å². The second kappa shape index (κ2) is 14.6. The van der Waals surface area contributed by atoms with E-state index in [1.54, 1.807) is 41.6 Å². The molecule has 1 fully saturated rings. The minimum Gasteiger partial charge on any atom is -0.438 e. The molecule has 5 rings (SSSR count). The van der Waals surface area contributed by atoms with Gasteiger partial charge < -0.3 is 15.4 Å². The van der Waals surface area contributed by atoms with Crippen molar-refractivity contribution in [2.24, 2.45) is 0 Å². The van der Waals surface area contributed by atoms with Gasteiger partial charge in [0, 0.05) is 62.1 Å². The third-order valence-corrected chi connectivity index (χ3v) is 8.17. The first-order valence-corrected chi connectivity index (χ1v) is 16.8. The molecule has 2 aromatic heterocycles. The zero-order valence-corrected chi connectivity index (χ0v) is 27.1. The SMILES string of the molecule is CNC(=O)c1cc(NS(C)(=O)=O)ccc1Oc1ccc(CN2CCC(N(C(=O)Nc3ccc(C)nc3)c3cccc(F)c3)CC2)cn1. The van der Waals surface area contributed by atoms with E-state index in [9.17, 15) is 22.4 Å². The number of amides is 3. The van der Waals surface area contributed by atoms with Gasteiger partial charge in [-0.3, -0.25) is 24.3 Å². The van der Waals surface area contributed by atoms with E-state index in [0.717, 1.165) is 17.5 Å². The Bertz CT molecular complexity index is 1830. The highest BCUT2D eigenvalue weighted by atomic mass is 32.2. The van der Waals surface area contributed by atoms with Gasteiger partial charge in [-0.05, 0) is 73.9 Å². The number of ether oxygens (including phenoxy) is 1. The molecule has 14 heteroatoms. The Hall–Kier alpha value is -5.08. The van der Waals surface area contributed by atoms with Crippen molar-refractivity contribution in [3.05, 3.63) is 102 Å². The number of aryl methyl sites for hydroxylation is 1. The van der Waals surface area contributed by atoms with E-state index in [4.69, 9.17) is 4.74 Å². The Morgan fingerprint density at radius 2 is 1.77 bits per heavy atom. The van der Waals surface area contributed by atoms with Gasteiger partial charge in [-0.2, -0.15) is 0 Å². The molecule has 0 spiro atoms. The molecule has 0 atom stereocenters. The van der Waals surface area contributed by atoms with Crippen molar-refractivity contribution in [1.82, 2.24) is 20.2 Å². The lowest BCUT2D eigenvalue weighted by atomic mass is 10.0. The number of hydrogen-bond donors (Lipinski definition) is 3. The monoisotopic (exact) mass is 661 g/mol. The summed E-state index contributed by atoms with van der Waals surface area (Å²) in [4.78, 5) is 38.5. The number of piperidine rings is 1. The molecule has 246 valence electrons. The van der Waals surface area contributed by atoms with Crippen LogP contribution in [0.3, 0.4) is 0 Å². The molecular weight excluding hydrogens is 625 g/mol. The molecule has 1 aliphatic heterocycles. The fourth-order valence-corrected chi connectivity index (χ4v) is 5.88. The van der Waals surface area contributed by atoms with Crippen molar-refractivity contribution in [2.45, 2.75) is 32.4 Å². The van der Waals surface area contributed by atoms with Crippen LogP contribution in [0.15, 0.2) is 79.1 Å². The zero-order chi connectivity index (χ0) is 33.6. The first-order chi connectivity index (χ1) is 22.5. The van der Waals surface area contributed by atoms with Crippen LogP contribution in [0.25, 0.3) is 0 Å². The van der Waals surface area contributed by atoms with Gasteiger partial charge in [-0.1, -0.05) is 12.1 Å². The van der Waals surface area contributed by atoms with Crippen LogP contribution in [-0.2, 0) is 16.6 Å². The maximum atomic E-state index is 14.2. The van der Waals surface area contributed by atoms with E-state index in [2.05, 4.69) is 30.2 Å². The third kappa shape index (κ3) is 9.01. The van der Waals surface area contributed by atoms with E-state index in [-0.39, 0.29) is 35.0 Å². The molecule has 3 amide bonds. The average molecular weight is 662 g/mol. The molecule has 0 radical (unpaired) electrons. The molecule has 47 heavy (non-hydrogen) atoms. The van der Waals surface area contributed by atoms with Crippen molar-refractivity contribution >= 4 is 39.0 Å². The van der Waals surface area contributed by atoms with Gasteiger partial charge in [0.25, 0.3) is 5.91 Å². The summed E-state index contributed by atoms with van der Waals surface area (Å²) < 4.78 is 45.7. The fourth-order valence-electron chi connectivity index (χ4n) is 5.33. The number of benzene rings is 2. The number of likely N-dealkylation sites (tertiary alicyclic amines) is 1. The number of rotatable bonds is 10. The van der Waals surface area contributed by atoms with E-state index < -0.39 is 21.7 Å². The van der Waals surface area contributed by atoms with Gasteiger partial charge >= 0.3 is 6.03 Å². The molecule has 4 aromatic rings. The lowest BCUT2D eigenvalue weighted by Gasteiger charge is -2.38. The maximum Gasteiger partial charge on any atom is 0.326 e. The minimum absolute atomic E-state index is 0.145. The number of hydrogen-bond acceptors (Lipinski definition) is 8. The Labute approximate surface area is 273 Å². The maximum absolute atomic E-state index is 14.2. The van der Waals surface area contributed by atoms with Gasteiger partial charge in [0.2, 0.25) is 15.9 Å². The number of nitrogens with one attached hydrogen (secondary N) is 3. The number of urea groups is 1. The lowest BCUT2D eigenvalue weighted by molar-refractivity contribution is 0.0960. The normalized spacial score (nSPS) is 13.9. The van der Waals surface area contributed by atoms with Crippen molar-refractivity contribution in [2.75, 3.05) is 41.3 Å². The molecule has 1 saturated heterocycles. The highest BCUT2D eigenvalue weighted by molar-refractivity contribution is 7.92. The van der Waals surface area contributed by atoms with Crippen molar-refractivity contribution in [1.29, 1.82) is 0 Å². The third-order valence-electron chi connectivity index (χ3n) is 7.56. The summed E-state index contributed by atoms with van der Waals surface area (Å²) in [5.41, 5.74) is 3.20. The Morgan fingerprint density at radius 3 is 2.40 bits per heavy atom. The van der Waals surface area contributed by atoms with Gasteiger partial charge in [0.15, 0.2) is 0 Å². The van der Waals surface area contributed by atoms with E-state index in [0.29, 0.717) is 43.9 Å². The predicted octanol–water partition coefficient (Wildman–Crippen LogP) is 5.15. The van der Waals surface area contributed by atoms with Crippen LogP contribution in [0.4, 0.5) is 26.2 Å². The van der Waals surface area contributed by atoms with Crippen LogP contribution >= 0.6 is 0 Å². The second-order valence-electron chi connectivity index (χ2n) is 11.2.